The number of epoxide rings is 2. The molecule has 0 aliphatic carbocycles. The van der Waals surface area contributed by atoms with Gasteiger partial charge >= 0.3 is 0 Å². The van der Waals surface area contributed by atoms with Crippen molar-refractivity contribution >= 4 is 37.5 Å². The Morgan fingerprint density at radius 3 is 1.63 bits per heavy atom. The molecule has 4 unspecified atom stereocenters. The molecule has 43 heavy (non-hydrogen) atoms. The van der Waals surface area contributed by atoms with Crippen LogP contribution in [0.3, 0.4) is 0 Å². The SMILES string of the molecule is BrC(c1ccc(OCC2CO2)cc1)(c1ccc(OCC2CN2)c2ccccc12)c1ccc(OCC2CO2)c2ccccc12. The van der Waals surface area contributed by atoms with Crippen molar-refractivity contribution in [1.29, 1.82) is 0 Å². The third-order valence-corrected chi connectivity index (χ3v) is 9.67. The van der Waals surface area contributed by atoms with Crippen molar-refractivity contribution in [2.45, 2.75) is 22.6 Å². The first-order valence-electron chi connectivity index (χ1n) is 14.9. The summed E-state index contributed by atoms with van der Waals surface area (Å²) in [5.74, 6) is 2.58. The van der Waals surface area contributed by atoms with Crippen molar-refractivity contribution < 1.29 is 23.7 Å². The Morgan fingerprint density at radius 2 is 1.12 bits per heavy atom. The van der Waals surface area contributed by atoms with Gasteiger partial charge < -0.3 is 29.0 Å². The third-order valence-electron chi connectivity index (χ3n) is 8.36. The molecule has 3 fully saturated rings. The lowest BCUT2D eigenvalue weighted by molar-refractivity contribution is 0.263. The van der Waals surface area contributed by atoms with E-state index in [1.165, 1.54) is 0 Å². The number of hydrogen-bond donors (Lipinski definition) is 1. The molecular weight excluding hydrogens is 606 g/mol. The van der Waals surface area contributed by atoms with Gasteiger partial charge in [-0.3, -0.25) is 0 Å². The Kier molecular flexibility index (Phi) is 6.99. The highest BCUT2D eigenvalue weighted by Crippen LogP contribution is 2.51. The van der Waals surface area contributed by atoms with Crippen LogP contribution in [0.1, 0.15) is 16.7 Å². The molecule has 7 heteroatoms. The van der Waals surface area contributed by atoms with Gasteiger partial charge in [0.2, 0.25) is 0 Å². The van der Waals surface area contributed by atoms with Crippen LogP contribution in [0.4, 0.5) is 0 Å². The van der Waals surface area contributed by atoms with Crippen LogP contribution in [0.15, 0.2) is 97.1 Å². The largest absolute Gasteiger partial charge is 0.491 e. The monoisotopic (exact) mass is 637 g/mol. The molecule has 1 N–H and O–H groups in total. The lowest BCUT2D eigenvalue weighted by Crippen LogP contribution is -2.23. The Bertz CT molecular complexity index is 1680. The molecule has 3 saturated heterocycles. The van der Waals surface area contributed by atoms with Gasteiger partial charge in [0, 0.05) is 17.3 Å². The maximum Gasteiger partial charge on any atom is 0.127 e. The number of ether oxygens (including phenoxy) is 5. The molecule has 0 amide bonds. The predicted octanol–water partition coefficient (Wildman–Crippen LogP) is 6.59. The minimum Gasteiger partial charge on any atom is -0.491 e. The summed E-state index contributed by atoms with van der Waals surface area (Å²) in [6, 6.07) is 34.4. The lowest BCUT2D eigenvalue weighted by Gasteiger charge is -2.33. The van der Waals surface area contributed by atoms with Gasteiger partial charge in [-0.25, -0.2) is 0 Å². The second-order valence-corrected chi connectivity index (χ2v) is 12.6. The van der Waals surface area contributed by atoms with E-state index in [-0.39, 0.29) is 12.2 Å². The van der Waals surface area contributed by atoms with E-state index in [0.717, 1.165) is 75.2 Å². The Labute approximate surface area is 259 Å². The number of nitrogens with one attached hydrogen (secondary N) is 1. The Morgan fingerprint density at radius 1 is 0.628 bits per heavy atom. The fourth-order valence-corrected chi connectivity index (χ4v) is 6.68. The second-order valence-electron chi connectivity index (χ2n) is 11.4. The summed E-state index contributed by atoms with van der Waals surface area (Å²) in [6.07, 6.45) is 0.389. The lowest BCUT2D eigenvalue weighted by atomic mass is 9.80. The van der Waals surface area contributed by atoms with Crippen LogP contribution in [0.2, 0.25) is 0 Å². The van der Waals surface area contributed by atoms with Crippen LogP contribution in [0, 0.1) is 0 Å². The number of rotatable bonds is 12. The van der Waals surface area contributed by atoms with E-state index in [9.17, 15) is 0 Å². The van der Waals surface area contributed by atoms with Crippen molar-refractivity contribution in [2.75, 3.05) is 39.6 Å². The summed E-state index contributed by atoms with van der Waals surface area (Å²) >= 11 is 4.37. The fraction of sp³-hybridized carbons (Fsp3) is 0.278. The second kappa shape index (κ2) is 11.1. The minimum absolute atomic E-state index is 0.184. The fourth-order valence-electron chi connectivity index (χ4n) is 5.72. The van der Waals surface area contributed by atoms with Crippen molar-refractivity contribution in [2.24, 2.45) is 0 Å². The van der Waals surface area contributed by atoms with Crippen molar-refractivity contribution in [3.63, 3.8) is 0 Å². The van der Waals surface area contributed by atoms with Crippen LogP contribution < -0.4 is 19.5 Å². The highest BCUT2D eigenvalue weighted by molar-refractivity contribution is 9.10. The molecule has 3 heterocycles. The number of alkyl halides is 1. The summed E-state index contributed by atoms with van der Waals surface area (Å²) in [4.78, 5) is 0. The zero-order chi connectivity index (χ0) is 28.8. The van der Waals surface area contributed by atoms with E-state index in [0.29, 0.717) is 25.9 Å². The molecule has 5 aromatic carbocycles. The molecule has 5 aromatic rings. The molecule has 8 rings (SSSR count). The Hall–Kier alpha value is -3.62. The first-order valence-corrected chi connectivity index (χ1v) is 15.6. The molecule has 0 radical (unpaired) electrons. The topological polar surface area (TPSA) is 74.7 Å². The first kappa shape index (κ1) is 27.0. The first-order chi connectivity index (χ1) is 21.2. The minimum atomic E-state index is -0.695. The number of fused-ring (bicyclic) bond motifs is 2. The summed E-state index contributed by atoms with van der Waals surface area (Å²) in [6.45, 7) is 4.32. The van der Waals surface area contributed by atoms with Crippen molar-refractivity contribution in [3.8, 4) is 17.2 Å². The normalized spacial score (nSPS) is 21.7. The molecule has 6 nitrogen and oxygen atoms in total. The molecule has 3 aliphatic heterocycles. The van der Waals surface area contributed by atoms with E-state index in [2.05, 4.69) is 106 Å². The predicted molar refractivity (Wildman–Crippen MR) is 171 cm³/mol. The third kappa shape index (κ3) is 5.47. The molecule has 0 aromatic heterocycles. The van der Waals surface area contributed by atoms with Gasteiger partial charge in [-0.2, -0.15) is 0 Å². The maximum atomic E-state index is 6.30. The highest BCUT2D eigenvalue weighted by Gasteiger charge is 2.37. The molecule has 3 aliphatic rings. The Balaban J connectivity index is 1.28. The van der Waals surface area contributed by atoms with E-state index >= 15 is 0 Å². The standard InChI is InChI=1S/C36H32BrNO5/c37-36(23-9-11-25(12-10-23)39-19-26-20-40-26,32-13-15-34(42-18-24-17-38-24)30-7-3-1-5-28(30)32)33-14-16-35(43-22-27-21-41-27)31-8-4-2-6-29(31)33/h1-16,24,26-27,38H,17-22H2. The van der Waals surface area contributed by atoms with Gasteiger partial charge in [-0.1, -0.05) is 88.7 Å². The van der Waals surface area contributed by atoms with E-state index in [1.807, 2.05) is 12.1 Å². The molecule has 218 valence electrons. The van der Waals surface area contributed by atoms with Gasteiger partial charge in [0.1, 0.15) is 53.6 Å². The van der Waals surface area contributed by atoms with Gasteiger partial charge in [0.25, 0.3) is 0 Å². The number of hydrogen-bond acceptors (Lipinski definition) is 6. The molecular formula is C36H32BrNO5. The van der Waals surface area contributed by atoms with E-state index < -0.39 is 4.32 Å². The quantitative estimate of drug-likeness (QED) is 0.0946. The number of benzene rings is 5. The molecule has 4 atom stereocenters. The van der Waals surface area contributed by atoms with Crippen LogP contribution in [-0.4, -0.2) is 57.8 Å². The van der Waals surface area contributed by atoms with Gasteiger partial charge in [-0.15, -0.1) is 0 Å². The van der Waals surface area contributed by atoms with Crippen LogP contribution >= 0.6 is 15.9 Å². The summed E-state index contributed by atoms with van der Waals surface area (Å²) in [7, 11) is 0. The molecule has 0 saturated carbocycles. The van der Waals surface area contributed by atoms with Crippen molar-refractivity contribution in [1.82, 2.24) is 5.32 Å². The summed E-state index contributed by atoms with van der Waals surface area (Å²) in [5, 5.41) is 7.72. The molecule has 0 spiro atoms. The average molecular weight is 639 g/mol. The molecule has 0 bridgehead atoms. The van der Waals surface area contributed by atoms with Crippen LogP contribution in [-0.2, 0) is 13.8 Å². The smallest absolute Gasteiger partial charge is 0.127 e. The maximum absolute atomic E-state index is 6.30. The van der Waals surface area contributed by atoms with Crippen molar-refractivity contribution in [3.05, 3.63) is 114 Å². The highest BCUT2D eigenvalue weighted by atomic mass is 79.9. The van der Waals surface area contributed by atoms with Crippen LogP contribution in [0.25, 0.3) is 21.5 Å². The zero-order valence-electron chi connectivity index (χ0n) is 23.6. The summed E-state index contributed by atoms with van der Waals surface area (Å²) in [5.41, 5.74) is 3.35. The summed E-state index contributed by atoms with van der Waals surface area (Å²) < 4.78 is 28.6. The zero-order valence-corrected chi connectivity index (χ0v) is 25.2. The van der Waals surface area contributed by atoms with Gasteiger partial charge in [-0.05, 0) is 51.7 Å². The number of halogens is 1. The average Bonchev–Trinajstić information content (AvgIpc) is 3.90. The van der Waals surface area contributed by atoms with Gasteiger partial charge in [0.05, 0.1) is 19.3 Å². The van der Waals surface area contributed by atoms with Crippen LogP contribution in [0.5, 0.6) is 17.2 Å². The van der Waals surface area contributed by atoms with E-state index in [1.54, 1.807) is 0 Å². The van der Waals surface area contributed by atoms with E-state index in [4.69, 9.17) is 23.7 Å². The van der Waals surface area contributed by atoms with Gasteiger partial charge in [0.15, 0.2) is 0 Å².